The van der Waals surface area contributed by atoms with Gasteiger partial charge in [0.15, 0.2) is 5.84 Å². The van der Waals surface area contributed by atoms with Gasteiger partial charge >= 0.3 is 0 Å². The number of hydrazone groups is 2. The van der Waals surface area contributed by atoms with Gasteiger partial charge in [-0.05, 0) is 43.5 Å². The minimum atomic E-state index is -0.279. The predicted molar refractivity (Wildman–Crippen MR) is 169 cm³/mol. The minimum Gasteiger partial charge on any atom is -0.271 e. The van der Waals surface area contributed by atoms with Gasteiger partial charge in [-0.25, -0.2) is 10.4 Å². The van der Waals surface area contributed by atoms with Gasteiger partial charge in [-0.2, -0.15) is 10.2 Å². The molecule has 7 nitrogen and oxygen atoms in total. The maximum Gasteiger partial charge on any atom is 0.261 e. The molecule has 41 heavy (non-hydrogen) atoms. The molecule has 0 fully saturated rings. The number of carbonyl (C=O) groups is 1. The van der Waals surface area contributed by atoms with Gasteiger partial charge in [-0.1, -0.05) is 100 Å². The number of carbonyl (C=O) groups excluding carboxylic acids is 1. The molecule has 4 aromatic rings. The maximum atomic E-state index is 12.2. The molecule has 1 N–H and O–H groups in total. The van der Waals surface area contributed by atoms with Gasteiger partial charge in [0.25, 0.3) is 5.91 Å². The number of fused-ring (bicyclic) bond motifs is 2. The molecule has 6 rings (SSSR count). The van der Waals surface area contributed by atoms with Crippen LogP contribution in [-0.4, -0.2) is 44.5 Å². The number of hydrogen-bond acceptors (Lipinski definition) is 7. The van der Waals surface area contributed by atoms with E-state index in [-0.39, 0.29) is 37.8 Å². The molecule has 0 aliphatic carbocycles. The molecule has 208 valence electrons. The third-order valence-corrected chi connectivity index (χ3v) is 10.1. The van der Waals surface area contributed by atoms with Crippen molar-refractivity contribution in [2.75, 3.05) is 6.54 Å². The second-order valence-electron chi connectivity index (χ2n) is 9.94. The normalized spacial score (nSPS) is 16.8. The Labute approximate surface area is 260 Å². The number of amides is 1. The van der Waals surface area contributed by atoms with E-state index in [0.29, 0.717) is 33.7 Å². The number of benzene rings is 3. The second-order valence-corrected chi connectivity index (χ2v) is 12.6. The van der Waals surface area contributed by atoms with E-state index in [2.05, 4.69) is 20.7 Å². The van der Waals surface area contributed by atoms with Gasteiger partial charge in [-0.3, -0.25) is 4.79 Å². The SMILES string of the molecule is Cc1ccc(C2=NN3CC(=O)NN=C3C(Sc3nnc(-c4ccc(C)c(C)c4)c4c(Cl)c(Cl)c(Cl)c(Cl)c34)C2)cc1. The lowest BCUT2D eigenvalue weighted by molar-refractivity contribution is -0.122. The quantitative estimate of drug-likeness (QED) is 0.181. The zero-order valence-corrected chi connectivity index (χ0v) is 25.9. The summed E-state index contributed by atoms with van der Waals surface area (Å²) in [6, 6.07) is 14.1. The van der Waals surface area contributed by atoms with E-state index in [1.54, 1.807) is 5.01 Å². The first-order valence-corrected chi connectivity index (χ1v) is 15.1. The van der Waals surface area contributed by atoms with Crippen molar-refractivity contribution in [1.29, 1.82) is 0 Å². The van der Waals surface area contributed by atoms with Crippen molar-refractivity contribution in [3.05, 3.63) is 84.8 Å². The molecule has 2 aliphatic heterocycles. The van der Waals surface area contributed by atoms with Crippen LogP contribution in [-0.2, 0) is 4.79 Å². The smallest absolute Gasteiger partial charge is 0.261 e. The highest BCUT2D eigenvalue weighted by atomic mass is 35.5. The van der Waals surface area contributed by atoms with E-state index in [4.69, 9.17) is 51.5 Å². The number of halogens is 4. The summed E-state index contributed by atoms with van der Waals surface area (Å²) in [4.78, 5) is 12.2. The van der Waals surface area contributed by atoms with Crippen LogP contribution in [0.4, 0.5) is 0 Å². The Balaban J connectivity index is 1.50. The minimum absolute atomic E-state index is 0.0530. The lowest BCUT2D eigenvalue weighted by Crippen LogP contribution is -2.49. The van der Waals surface area contributed by atoms with E-state index in [1.165, 1.54) is 11.8 Å². The van der Waals surface area contributed by atoms with Gasteiger partial charge in [0, 0.05) is 22.8 Å². The topological polar surface area (TPSA) is 82.8 Å². The molecule has 0 bridgehead atoms. The molecule has 0 spiro atoms. The number of thioether (sulfide) groups is 1. The number of nitrogens with one attached hydrogen (secondary N) is 1. The predicted octanol–water partition coefficient (Wildman–Crippen LogP) is 7.85. The zero-order valence-electron chi connectivity index (χ0n) is 22.1. The Morgan fingerprint density at radius 3 is 2.24 bits per heavy atom. The summed E-state index contributed by atoms with van der Waals surface area (Å²) >= 11 is 28.2. The molecule has 1 atom stereocenters. The molecule has 0 saturated carbocycles. The molecule has 1 unspecified atom stereocenters. The van der Waals surface area contributed by atoms with Crippen molar-refractivity contribution in [2.24, 2.45) is 10.2 Å². The largest absolute Gasteiger partial charge is 0.271 e. The number of amidine groups is 1. The zero-order chi connectivity index (χ0) is 29.0. The van der Waals surface area contributed by atoms with Crippen molar-refractivity contribution in [2.45, 2.75) is 37.5 Å². The Kier molecular flexibility index (Phi) is 7.63. The average molecular weight is 644 g/mol. The number of aromatic nitrogens is 2. The molecule has 1 amide bonds. The molecule has 3 aromatic carbocycles. The van der Waals surface area contributed by atoms with E-state index in [0.717, 1.165) is 33.5 Å². The van der Waals surface area contributed by atoms with Crippen molar-refractivity contribution in [3.8, 4) is 11.3 Å². The van der Waals surface area contributed by atoms with Crippen molar-refractivity contribution in [3.63, 3.8) is 0 Å². The summed E-state index contributed by atoms with van der Waals surface area (Å²) < 4.78 is 0. The first kappa shape index (κ1) is 28.2. The van der Waals surface area contributed by atoms with Crippen molar-refractivity contribution in [1.82, 2.24) is 20.6 Å². The van der Waals surface area contributed by atoms with Gasteiger partial charge in [0.2, 0.25) is 0 Å². The summed E-state index contributed by atoms with van der Waals surface area (Å²) in [6.45, 7) is 6.16. The highest BCUT2D eigenvalue weighted by Gasteiger charge is 2.35. The monoisotopic (exact) mass is 642 g/mol. The Bertz CT molecular complexity index is 1810. The third-order valence-electron chi connectivity index (χ3n) is 7.14. The lowest BCUT2D eigenvalue weighted by Gasteiger charge is -2.34. The second kappa shape index (κ2) is 11.1. The van der Waals surface area contributed by atoms with Gasteiger partial charge < -0.3 is 0 Å². The molecule has 0 saturated heterocycles. The standard InChI is InChI=1S/C29H22Cl4N6OS/c1-13-4-7-16(8-5-13)18-11-19(28-36-34-20(40)12-39(28)38-18)41-29-22-21(23(30)25(32)26(33)24(22)31)27(35-37-29)17-9-6-14(2)15(3)10-17/h4-10,19H,11-12H2,1-3H3,(H,34,40). The van der Waals surface area contributed by atoms with E-state index < -0.39 is 0 Å². The summed E-state index contributed by atoms with van der Waals surface area (Å²) in [7, 11) is 0. The van der Waals surface area contributed by atoms with E-state index in [9.17, 15) is 4.79 Å². The van der Waals surface area contributed by atoms with Crippen LogP contribution in [0, 0.1) is 20.8 Å². The summed E-state index contributed by atoms with van der Waals surface area (Å²) in [5, 5.41) is 22.1. The Morgan fingerprint density at radius 2 is 1.54 bits per heavy atom. The van der Waals surface area contributed by atoms with Crippen LogP contribution in [0.2, 0.25) is 20.1 Å². The average Bonchev–Trinajstić information content (AvgIpc) is 2.96. The van der Waals surface area contributed by atoms with Crippen LogP contribution in [0.15, 0.2) is 57.7 Å². The summed E-state index contributed by atoms with van der Waals surface area (Å²) in [5.41, 5.74) is 9.13. The summed E-state index contributed by atoms with van der Waals surface area (Å²) in [5.74, 6) is 0.353. The first-order valence-electron chi connectivity index (χ1n) is 12.7. The van der Waals surface area contributed by atoms with Crippen LogP contribution in [0.5, 0.6) is 0 Å². The molecular weight excluding hydrogens is 622 g/mol. The first-order chi connectivity index (χ1) is 19.6. The maximum absolute atomic E-state index is 12.2. The molecule has 3 heterocycles. The number of aryl methyl sites for hydroxylation is 3. The van der Waals surface area contributed by atoms with E-state index in [1.807, 2.05) is 63.2 Å². The molecular formula is C29H22Cl4N6OS. The highest BCUT2D eigenvalue weighted by Crippen LogP contribution is 2.49. The molecule has 0 radical (unpaired) electrons. The van der Waals surface area contributed by atoms with Crippen molar-refractivity contribution >= 4 is 86.4 Å². The van der Waals surface area contributed by atoms with Crippen molar-refractivity contribution < 1.29 is 4.79 Å². The van der Waals surface area contributed by atoms with Gasteiger partial charge in [0.05, 0.1) is 31.1 Å². The summed E-state index contributed by atoms with van der Waals surface area (Å²) in [6.07, 6.45) is 0.522. The fourth-order valence-electron chi connectivity index (χ4n) is 4.78. The third kappa shape index (κ3) is 5.17. The molecule has 1 aromatic heterocycles. The van der Waals surface area contributed by atoms with Crippen LogP contribution < -0.4 is 5.43 Å². The van der Waals surface area contributed by atoms with Gasteiger partial charge in [0.1, 0.15) is 17.3 Å². The van der Waals surface area contributed by atoms with Crippen LogP contribution in [0.1, 0.15) is 28.7 Å². The number of rotatable bonds is 4. The highest BCUT2D eigenvalue weighted by molar-refractivity contribution is 8.00. The Hall–Kier alpha value is -2.88. The fourth-order valence-corrected chi connectivity index (χ4v) is 7.07. The number of nitrogens with zero attached hydrogens (tertiary/aromatic N) is 5. The lowest BCUT2D eigenvalue weighted by atomic mass is 10.0. The van der Waals surface area contributed by atoms with Crippen LogP contribution >= 0.6 is 58.2 Å². The van der Waals surface area contributed by atoms with Gasteiger partial charge in [-0.15, -0.1) is 10.2 Å². The number of hydrogen-bond donors (Lipinski definition) is 1. The van der Waals surface area contributed by atoms with Crippen LogP contribution in [0.3, 0.4) is 0 Å². The van der Waals surface area contributed by atoms with Crippen LogP contribution in [0.25, 0.3) is 22.0 Å². The van der Waals surface area contributed by atoms with E-state index >= 15 is 0 Å². The molecule has 2 aliphatic rings. The Morgan fingerprint density at radius 1 is 0.854 bits per heavy atom. The fraction of sp³-hybridized carbons (Fsp3) is 0.207. The molecule has 12 heteroatoms.